The van der Waals surface area contributed by atoms with E-state index in [1.165, 1.54) is 19.3 Å². The van der Waals surface area contributed by atoms with Gasteiger partial charge in [-0.25, -0.2) is 0 Å². The van der Waals surface area contributed by atoms with Gasteiger partial charge in [-0.15, -0.1) is 0 Å². The number of unbranched alkanes of at least 4 members (excludes halogenated alkanes) is 1. The lowest BCUT2D eigenvalue weighted by Crippen LogP contribution is -2.16. The summed E-state index contributed by atoms with van der Waals surface area (Å²) in [7, 11) is 2.12. The van der Waals surface area contributed by atoms with Crippen molar-refractivity contribution < 1.29 is 0 Å². The smallest absolute Gasteiger partial charge is 0.0383 e. The van der Waals surface area contributed by atoms with E-state index in [2.05, 4.69) is 37.2 Å². The fourth-order valence-electron chi connectivity index (χ4n) is 1.32. The molecule has 1 heterocycles. The summed E-state index contributed by atoms with van der Waals surface area (Å²) in [5, 5.41) is 0. The highest BCUT2D eigenvalue weighted by molar-refractivity contribution is 5.18. The minimum absolute atomic E-state index is 1.12. The highest BCUT2D eigenvalue weighted by atomic mass is 15.1. The Balaban J connectivity index is 2.33. The Bertz CT molecular complexity index is 168. The zero-order chi connectivity index (χ0) is 8.10. The van der Waals surface area contributed by atoms with Crippen LogP contribution in [0.25, 0.3) is 0 Å². The zero-order valence-corrected chi connectivity index (χ0v) is 7.51. The molecule has 1 aliphatic rings. The van der Waals surface area contributed by atoms with Gasteiger partial charge in [0, 0.05) is 13.6 Å². The van der Waals surface area contributed by atoms with Gasteiger partial charge in [0.05, 0.1) is 0 Å². The summed E-state index contributed by atoms with van der Waals surface area (Å²) in [5.74, 6) is 0. The number of hydrogen-bond acceptors (Lipinski definition) is 1. The molecule has 1 nitrogen and oxygen atoms in total. The van der Waals surface area contributed by atoms with Crippen LogP contribution >= 0.6 is 0 Å². The maximum Gasteiger partial charge on any atom is 0.0383 e. The SMILES string of the molecule is CCCCC1=CC=CN(C)C1. The number of allylic oxidation sites excluding steroid dienone is 2. The molecule has 0 aromatic carbocycles. The maximum atomic E-state index is 2.25. The van der Waals surface area contributed by atoms with Crippen molar-refractivity contribution in [2.24, 2.45) is 0 Å². The van der Waals surface area contributed by atoms with E-state index in [1.54, 1.807) is 5.57 Å². The van der Waals surface area contributed by atoms with Crippen molar-refractivity contribution in [2.45, 2.75) is 26.2 Å². The Morgan fingerprint density at radius 1 is 1.55 bits per heavy atom. The van der Waals surface area contributed by atoms with E-state index in [0.717, 1.165) is 6.54 Å². The van der Waals surface area contributed by atoms with E-state index in [9.17, 15) is 0 Å². The van der Waals surface area contributed by atoms with Crippen LogP contribution in [0.3, 0.4) is 0 Å². The molecule has 0 aromatic heterocycles. The minimum atomic E-state index is 1.12. The lowest BCUT2D eigenvalue weighted by Gasteiger charge is -2.19. The van der Waals surface area contributed by atoms with Gasteiger partial charge in [0.1, 0.15) is 0 Å². The third kappa shape index (κ3) is 2.79. The molecule has 0 atom stereocenters. The van der Waals surface area contributed by atoms with Gasteiger partial charge in [-0.3, -0.25) is 0 Å². The molecule has 0 unspecified atom stereocenters. The summed E-state index contributed by atoms with van der Waals surface area (Å²) in [6.07, 6.45) is 10.4. The van der Waals surface area contributed by atoms with Gasteiger partial charge < -0.3 is 4.90 Å². The fourth-order valence-corrected chi connectivity index (χ4v) is 1.32. The van der Waals surface area contributed by atoms with E-state index < -0.39 is 0 Å². The van der Waals surface area contributed by atoms with Crippen molar-refractivity contribution >= 4 is 0 Å². The second-order valence-electron chi connectivity index (χ2n) is 3.19. The van der Waals surface area contributed by atoms with Crippen LogP contribution in [-0.2, 0) is 0 Å². The van der Waals surface area contributed by atoms with Crippen molar-refractivity contribution in [1.82, 2.24) is 4.90 Å². The van der Waals surface area contributed by atoms with Gasteiger partial charge in [0.2, 0.25) is 0 Å². The standard InChI is InChI=1S/C10H17N/c1-3-4-6-10-7-5-8-11(2)9-10/h5,7-8H,3-4,6,9H2,1-2H3. The van der Waals surface area contributed by atoms with Gasteiger partial charge in [-0.05, 0) is 25.1 Å². The van der Waals surface area contributed by atoms with E-state index in [4.69, 9.17) is 0 Å². The summed E-state index contributed by atoms with van der Waals surface area (Å²) in [4.78, 5) is 2.23. The number of likely N-dealkylation sites (N-methyl/N-ethyl adjacent to an activating group) is 1. The Morgan fingerprint density at radius 3 is 3.00 bits per heavy atom. The molecule has 0 N–H and O–H groups in total. The minimum Gasteiger partial charge on any atom is -0.376 e. The van der Waals surface area contributed by atoms with E-state index >= 15 is 0 Å². The van der Waals surface area contributed by atoms with E-state index in [-0.39, 0.29) is 0 Å². The predicted molar refractivity (Wildman–Crippen MR) is 49.4 cm³/mol. The molecule has 0 spiro atoms. The lowest BCUT2D eigenvalue weighted by atomic mass is 10.1. The molecule has 0 fully saturated rings. The number of nitrogens with zero attached hydrogens (tertiary/aromatic N) is 1. The average molecular weight is 151 g/mol. The molecule has 0 aliphatic carbocycles. The molecule has 0 saturated heterocycles. The molecule has 0 radical (unpaired) electrons. The van der Waals surface area contributed by atoms with Crippen molar-refractivity contribution in [2.75, 3.05) is 13.6 Å². The summed E-state index contributed by atoms with van der Waals surface area (Å²) in [6, 6.07) is 0. The van der Waals surface area contributed by atoms with Gasteiger partial charge in [0.25, 0.3) is 0 Å². The van der Waals surface area contributed by atoms with Crippen LogP contribution in [0.5, 0.6) is 0 Å². The van der Waals surface area contributed by atoms with Crippen molar-refractivity contribution in [1.29, 1.82) is 0 Å². The second kappa shape index (κ2) is 4.22. The van der Waals surface area contributed by atoms with Gasteiger partial charge in [-0.1, -0.05) is 25.0 Å². The molecule has 0 bridgehead atoms. The highest BCUT2D eigenvalue weighted by Crippen LogP contribution is 2.12. The molecular weight excluding hydrogens is 134 g/mol. The summed E-state index contributed by atoms with van der Waals surface area (Å²) in [6.45, 7) is 3.36. The Kier molecular flexibility index (Phi) is 3.21. The van der Waals surface area contributed by atoms with Crippen LogP contribution in [-0.4, -0.2) is 18.5 Å². The van der Waals surface area contributed by atoms with Crippen LogP contribution in [0.1, 0.15) is 26.2 Å². The topological polar surface area (TPSA) is 3.24 Å². The molecule has 11 heavy (non-hydrogen) atoms. The van der Waals surface area contributed by atoms with Crippen molar-refractivity contribution in [3.63, 3.8) is 0 Å². The molecule has 1 aliphatic heterocycles. The largest absolute Gasteiger partial charge is 0.376 e. The third-order valence-electron chi connectivity index (χ3n) is 1.98. The van der Waals surface area contributed by atoms with E-state index in [1.807, 2.05) is 0 Å². The zero-order valence-electron chi connectivity index (χ0n) is 7.51. The highest BCUT2D eigenvalue weighted by Gasteiger charge is 2.01. The number of hydrogen-bond donors (Lipinski definition) is 0. The second-order valence-corrected chi connectivity index (χ2v) is 3.19. The summed E-state index contributed by atoms with van der Waals surface area (Å²) < 4.78 is 0. The van der Waals surface area contributed by atoms with Gasteiger partial charge >= 0.3 is 0 Å². The molecular formula is C10H17N. The Hall–Kier alpha value is -0.720. The monoisotopic (exact) mass is 151 g/mol. The van der Waals surface area contributed by atoms with Crippen molar-refractivity contribution in [3.05, 3.63) is 23.9 Å². The van der Waals surface area contributed by atoms with Crippen LogP contribution in [0, 0.1) is 0 Å². The van der Waals surface area contributed by atoms with Crippen molar-refractivity contribution in [3.8, 4) is 0 Å². The molecule has 1 heteroatoms. The number of rotatable bonds is 3. The first-order valence-electron chi connectivity index (χ1n) is 4.39. The summed E-state index contributed by atoms with van der Waals surface area (Å²) >= 11 is 0. The molecule has 62 valence electrons. The molecule has 0 aromatic rings. The first kappa shape index (κ1) is 8.38. The normalized spacial score (nSPS) is 16.9. The quantitative estimate of drug-likeness (QED) is 0.599. The maximum absolute atomic E-state index is 2.25. The van der Waals surface area contributed by atoms with Crippen LogP contribution in [0.4, 0.5) is 0 Å². The summed E-state index contributed by atoms with van der Waals surface area (Å²) in [5.41, 5.74) is 1.57. The lowest BCUT2D eigenvalue weighted by molar-refractivity contribution is 0.480. The average Bonchev–Trinajstić information content (AvgIpc) is 2.01. The van der Waals surface area contributed by atoms with Gasteiger partial charge in [-0.2, -0.15) is 0 Å². The van der Waals surface area contributed by atoms with Crippen LogP contribution in [0.2, 0.25) is 0 Å². The van der Waals surface area contributed by atoms with Gasteiger partial charge in [0.15, 0.2) is 0 Å². The first-order chi connectivity index (χ1) is 5.33. The Labute approximate surface area is 69.4 Å². The predicted octanol–water partition coefficient (Wildman–Crippen LogP) is 2.56. The molecule has 0 amide bonds. The molecule has 1 rings (SSSR count). The molecule has 0 saturated carbocycles. The Morgan fingerprint density at radius 2 is 2.36 bits per heavy atom. The fraction of sp³-hybridized carbons (Fsp3) is 0.600. The van der Waals surface area contributed by atoms with E-state index in [0.29, 0.717) is 0 Å². The third-order valence-corrected chi connectivity index (χ3v) is 1.98. The van der Waals surface area contributed by atoms with Crippen LogP contribution in [0.15, 0.2) is 23.9 Å². The van der Waals surface area contributed by atoms with Crippen LogP contribution < -0.4 is 0 Å². The first-order valence-corrected chi connectivity index (χ1v) is 4.39.